The number of carbonyl (C=O) groups excluding carboxylic acids is 2. The quantitative estimate of drug-likeness (QED) is 0.367. The van der Waals surface area contributed by atoms with Gasteiger partial charge in [-0.05, 0) is 49.0 Å². The Balaban J connectivity index is 2.39. The summed E-state index contributed by atoms with van der Waals surface area (Å²) in [4.78, 5) is 26.7. The molecule has 1 N–H and O–H groups in total. The van der Waals surface area contributed by atoms with Gasteiger partial charge in [0.1, 0.15) is 0 Å². The first-order valence-corrected chi connectivity index (χ1v) is 11.0. The summed E-state index contributed by atoms with van der Waals surface area (Å²) >= 11 is 1.35. The normalized spacial score (nSPS) is 26.5. The van der Waals surface area contributed by atoms with Crippen LogP contribution in [0.3, 0.4) is 0 Å². The maximum Gasteiger partial charge on any atom is 0.279 e. The molecule has 0 bridgehead atoms. The highest BCUT2D eigenvalue weighted by molar-refractivity contribution is 8.13. The van der Waals surface area contributed by atoms with E-state index >= 15 is 0 Å². The van der Waals surface area contributed by atoms with Crippen LogP contribution >= 0.6 is 11.8 Å². The lowest BCUT2D eigenvalue weighted by Crippen LogP contribution is -2.44. The van der Waals surface area contributed by atoms with E-state index in [1.165, 1.54) is 11.8 Å². The number of nitrogens with zero attached hydrogens (tertiary/aromatic N) is 1. The Bertz CT molecular complexity index is 483. The van der Waals surface area contributed by atoms with E-state index in [1.807, 2.05) is 6.92 Å². The Morgan fingerprint density at radius 3 is 2.80 bits per heavy atom. The monoisotopic (exact) mass is 384 g/mol. The first kappa shape index (κ1) is 22.4. The number of carbonyl (C=O) groups is 1. The van der Waals surface area contributed by atoms with Crippen molar-refractivity contribution in [3.8, 4) is 0 Å². The van der Waals surface area contributed by atoms with Crippen molar-refractivity contribution in [3.05, 3.63) is 0 Å². The number of amides is 1. The molecule has 0 aromatic carbocycles. The van der Waals surface area contributed by atoms with E-state index in [0.29, 0.717) is 21.8 Å². The Hall–Kier alpha value is -0.623. The van der Waals surface area contributed by atoms with Crippen LogP contribution in [0.15, 0.2) is 4.99 Å². The van der Waals surface area contributed by atoms with Crippen molar-refractivity contribution in [3.63, 3.8) is 0 Å². The highest BCUT2D eigenvalue weighted by Gasteiger charge is 2.41. The van der Waals surface area contributed by atoms with Gasteiger partial charge >= 0.3 is 0 Å². The van der Waals surface area contributed by atoms with Gasteiger partial charge < -0.3 is 9.74 Å². The number of nitrogens with one attached hydrogen (secondary N) is 1. The predicted octanol–water partition coefficient (Wildman–Crippen LogP) is 4.20. The lowest BCUT2D eigenvalue weighted by Gasteiger charge is -2.45. The topological polar surface area (TPSA) is 67.8 Å². The maximum atomic E-state index is 12.1. The summed E-state index contributed by atoms with van der Waals surface area (Å²) in [5.41, 5.74) is 0.580. The lowest BCUT2D eigenvalue weighted by atomic mass is 9.63. The van der Waals surface area contributed by atoms with E-state index in [0.717, 1.165) is 38.0 Å². The van der Waals surface area contributed by atoms with Crippen LogP contribution in [0.25, 0.3) is 0 Å². The molecular weight excluding hydrogens is 352 g/mol. The molecule has 142 valence electrons. The summed E-state index contributed by atoms with van der Waals surface area (Å²) in [6.07, 6.45) is 5.43. The molecule has 25 heavy (non-hydrogen) atoms. The first-order valence-electron chi connectivity index (χ1n) is 9.04. The summed E-state index contributed by atoms with van der Waals surface area (Å²) in [6, 6.07) is 0.0104. The number of hydrogen-bond acceptors (Lipinski definition) is 5. The van der Waals surface area contributed by atoms with Gasteiger partial charge in [0.15, 0.2) is 0 Å². The van der Waals surface area contributed by atoms with Crippen LogP contribution in [0, 0.1) is 10.8 Å². The Morgan fingerprint density at radius 1 is 1.44 bits per heavy atom. The van der Waals surface area contributed by atoms with Crippen molar-refractivity contribution in [2.24, 2.45) is 15.8 Å². The van der Waals surface area contributed by atoms with Gasteiger partial charge in [-0.3, -0.25) is 4.79 Å². The van der Waals surface area contributed by atoms with Crippen LogP contribution in [0.2, 0.25) is 5.54 Å². The molecule has 0 aromatic heterocycles. The smallest absolute Gasteiger partial charge is 0.279 e. The van der Waals surface area contributed by atoms with Crippen LogP contribution < -0.4 is 5.32 Å². The van der Waals surface area contributed by atoms with Crippen molar-refractivity contribution in [2.75, 3.05) is 18.9 Å². The molecule has 1 aliphatic carbocycles. The van der Waals surface area contributed by atoms with Gasteiger partial charge in [-0.25, -0.2) is 9.79 Å². The average molecular weight is 385 g/mol. The van der Waals surface area contributed by atoms with Crippen molar-refractivity contribution in [1.29, 1.82) is 0 Å². The first-order chi connectivity index (χ1) is 11.7. The number of hydrogen-bond donors (Lipinski definition) is 1. The van der Waals surface area contributed by atoms with Crippen LogP contribution in [-0.4, -0.2) is 46.0 Å². The van der Waals surface area contributed by atoms with Crippen LogP contribution in [0.1, 0.15) is 60.3 Å². The Morgan fingerprint density at radius 2 is 2.16 bits per heavy atom. The fraction of sp³-hybridized carbons (Fsp3) is 0.889. The summed E-state index contributed by atoms with van der Waals surface area (Å²) in [7, 11) is 0.512. The van der Waals surface area contributed by atoms with Gasteiger partial charge in [-0.1, -0.05) is 39.5 Å². The maximum absolute atomic E-state index is 12.1. The van der Waals surface area contributed by atoms with Gasteiger partial charge in [-0.15, -0.1) is 0 Å². The van der Waals surface area contributed by atoms with Gasteiger partial charge in [0.2, 0.25) is 15.8 Å². The molecular formula is C18H32N2O3SSi. The van der Waals surface area contributed by atoms with E-state index in [1.54, 1.807) is 6.08 Å². The van der Waals surface area contributed by atoms with Gasteiger partial charge in [0.25, 0.3) is 5.24 Å². The van der Waals surface area contributed by atoms with E-state index in [9.17, 15) is 9.59 Å². The molecule has 0 aliphatic heterocycles. The number of thioether (sulfide) groups is 1. The minimum atomic E-state index is -0.0351. The second-order valence-corrected chi connectivity index (χ2v) is 10.7. The molecule has 1 rings (SSSR count). The highest BCUT2D eigenvalue weighted by atomic mass is 32.2. The molecule has 1 aliphatic rings. The van der Waals surface area contributed by atoms with Gasteiger partial charge in [0, 0.05) is 18.9 Å². The third-order valence-electron chi connectivity index (χ3n) is 4.53. The van der Waals surface area contributed by atoms with Crippen LogP contribution in [0.5, 0.6) is 0 Å². The van der Waals surface area contributed by atoms with Gasteiger partial charge in [-0.2, -0.15) is 0 Å². The molecule has 1 saturated carbocycles. The molecule has 2 radical (unpaired) electrons. The molecule has 3 atom stereocenters. The SMILES string of the molecule is CCO[Si]C(C)CCSC(=O)NCC1(C)CC(N=C=O)CC(C)(C)C1. The number of aliphatic imine (C=N–C) groups is 1. The standard InChI is InChI=1S/C18H32N2O3SSi/c1-6-23-25-14(2)7-8-24-16(22)19-12-18(5)10-15(20-13-21)9-17(3,4)11-18/h14-15H,6-12H2,1-5H3,(H,19,22). The zero-order valence-electron chi connectivity index (χ0n) is 16.2. The second-order valence-electron chi connectivity index (χ2n) is 8.16. The molecule has 0 heterocycles. The summed E-state index contributed by atoms with van der Waals surface area (Å²) < 4.78 is 5.42. The predicted molar refractivity (Wildman–Crippen MR) is 105 cm³/mol. The Labute approximate surface area is 159 Å². The molecule has 5 nitrogen and oxygen atoms in total. The number of isocyanates is 1. The zero-order chi connectivity index (χ0) is 18.9. The fourth-order valence-electron chi connectivity index (χ4n) is 3.83. The highest BCUT2D eigenvalue weighted by Crippen LogP contribution is 2.46. The largest absolute Gasteiger partial charge is 0.417 e. The van der Waals surface area contributed by atoms with Crippen molar-refractivity contribution >= 4 is 32.8 Å². The fourth-order valence-corrected chi connectivity index (χ4v) is 5.58. The molecule has 7 heteroatoms. The molecule has 1 amide bonds. The molecule has 3 unspecified atom stereocenters. The van der Waals surface area contributed by atoms with Crippen LogP contribution in [0.4, 0.5) is 4.79 Å². The van der Waals surface area contributed by atoms with E-state index < -0.39 is 0 Å². The summed E-state index contributed by atoms with van der Waals surface area (Å²) in [5, 5.41) is 3.10. The van der Waals surface area contributed by atoms with Crippen molar-refractivity contribution in [2.45, 2.75) is 71.9 Å². The molecule has 0 aromatic rings. The molecule has 0 spiro atoms. The van der Waals surface area contributed by atoms with Crippen molar-refractivity contribution < 1.29 is 14.0 Å². The van der Waals surface area contributed by atoms with Crippen molar-refractivity contribution in [1.82, 2.24) is 5.32 Å². The minimum absolute atomic E-state index is 0.0104. The van der Waals surface area contributed by atoms with E-state index in [2.05, 4.69) is 38.0 Å². The minimum Gasteiger partial charge on any atom is -0.417 e. The average Bonchev–Trinajstić information content (AvgIpc) is 2.49. The van der Waals surface area contributed by atoms with E-state index in [4.69, 9.17) is 4.43 Å². The molecule has 1 fully saturated rings. The van der Waals surface area contributed by atoms with Crippen LogP contribution in [-0.2, 0) is 9.22 Å². The third kappa shape index (κ3) is 9.04. The lowest BCUT2D eigenvalue weighted by molar-refractivity contribution is 0.0860. The summed E-state index contributed by atoms with van der Waals surface area (Å²) in [6.45, 7) is 12.1. The zero-order valence-corrected chi connectivity index (χ0v) is 18.0. The second kappa shape index (κ2) is 10.5. The van der Waals surface area contributed by atoms with E-state index in [-0.39, 0.29) is 22.1 Å². The Kier molecular flexibility index (Phi) is 9.42. The molecule has 0 saturated heterocycles. The number of rotatable bonds is 9. The van der Waals surface area contributed by atoms with Gasteiger partial charge in [0.05, 0.1) is 6.04 Å². The third-order valence-corrected chi connectivity index (χ3v) is 6.52. The summed E-state index contributed by atoms with van der Waals surface area (Å²) in [5.74, 6) is 0.813.